The van der Waals surface area contributed by atoms with Gasteiger partial charge in [0.05, 0.1) is 20.0 Å². The third kappa shape index (κ3) is 4.28. The van der Waals surface area contributed by atoms with Crippen molar-refractivity contribution in [2.45, 2.75) is 80.0 Å². The smallest absolute Gasteiger partial charge is 0.431 e. The predicted octanol–water partition coefficient (Wildman–Crippen LogP) is 2.21. The first-order valence-electron chi connectivity index (χ1n) is 11.0. The molecule has 4 aliphatic carbocycles. The molecular weight excluding hydrogens is 508 g/mol. The largest absolute Gasteiger partial charge is 0.469 e. The summed E-state index contributed by atoms with van der Waals surface area (Å²) in [6.07, 6.45) is -2.66. The molecule has 0 radical (unpaired) electrons. The molecule has 198 valence electrons. The van der Waals surface area contributed by atoms with E-state index in [1.165, 1.54) is 7.11 Å². The van der Waals surface area contributed by atoms with Crippen LogP contribution in [0.1, 0.15) is 51.4 Å². The Morgan fingerprint density at radius 2 is 1.71 bits per heavy atom. The number of methoxy groups -OCH3 is 1. The predicted molar refractivity (Wildman–Crippen MR) is 103 cm³/mol. The summed E-state index contributed by atoms with van der Waals surface area (Å²) in [4.78, 5) is 36.3. The van der Waals surface area contributed by atoms with Crippen molar-refractivity contribution in [3.05, 3.63) is 0 Å². The first kappa shape index (κ1) is 26.1. The van der Waals surface area contributed by atoms with E-state index in [9.17, 15) is 40.4 Å². The molecular formula is C20H24F4O10S. The minimum absolute atomic E-state index is 0.0539. The molecule has 4 bridgehead atoms. The Morgan fingerprint density at radius 1 is 1.11 bits per heavy atom. The van der Waals surface area contributed by atoms with Crippen LogP contribution in [-0.2, 0) is 43.4 Å². The fraction of sp³-hybridized carbons (Fsp3) is 0.850. The number of hydrogen-bond acceptors (Lipinski definition) is 9. The van der Waals surface area contributed by atoms with Crippen molar-refractivity contribution in [3.8, 4) is 0 Å². The Bertz CT molecular complexity index is 1010. The zero-order chi connectivity index (χ0) is 26.0. The van der Waals surface area contributed by atoms with Crippen LogP contribution in [0.15, 0.2) is 0 Å². The van der Waals surface area contributed by atoms with Gasteiger partial charge >= 0.3 is 39.2 Å². The number of alkyl halides is 4. The SMILES string of the molecule is COC(=O)CC1OC2(OC1=O)C1CC3CC2CC(OC(=O)CCC(F)(F)C(F)(F)S(=O)(=O)O)(C3)C1. The van der Waals surface area contributed by atoms with Crippen LogP contribution >= 0.6 is 0 Å². The molecule has 35 heavy (non-hydrogen) atoms. The van der Waals surface area contributed by atoms with Crippen LogP contribution in [0, 0.1) is 17.8 Å². The fourth-order valence-electron chi connectivity index (χ4n) is 6.10. The number of carbonyl (C=O) groups excluding carboxylic acids is 3. The molecule has 1 N–H and O–H groups in total. The van der Waals surface area contributed by atoms with Crippen molar-refractivity contribution in [1.29, 1.82) is 0 Å². The molecule has 1 spiro atoms. The van der Waals surface area contributed by atoms with E-state index in [-0.39, 0.29) is 25.2 Å². The Morgan fingerprint density at radius 3 is 2.26 bits per heavy atom. The summed E-state index contributed by atoms with van der Waals surface area (Å²) in [6, 6.07) is 0. The zero-order valence-corrected chi connectivity index (χ0v) is 19.3. The summed E-state index contributed by atoms with van der Waals surface area (Å²) in [5.41, 5.74) is -1.10. The molecule has 0 amide bonds. The summed E-state index contributed by atoms with van der Waals surface area (Å²) in [5.74, 6) is -9.86. The molecule has 1 heterocycles. The van der Waals surface area contributed by atoms with Crippen molar-refractivity contribution in [3.63, 3.8) is 0 Å². The second-order valence-electron chi connectivity index (χ2n) is 9.73. The highest BCUT2D eigenvalue weighted by Crippen LogP contribution is 2.64. The van der Waals surface area contributed by atoms with Gasteiger partial charge in [-0.1, -0.05) is 0 Å². The zero-order valence-electron chi connectivity index (χ0n) is 18.5. The maximum atomic E-state index is 13.8. The number of esters is 3. The lowest BCUT2D eigenvalue weighted by Crippen LogP contribution is -2.65. The second-order valence-corrected chi connectivity index (χ2v) is 11.2. The van der Waals surface area contributed by atoms with Gasteiger partial charge in [0.1, 0.15) is 5.60 Å². The van der Waals surface area contributed by atoms with Crippen molar-refractivity contribution >= 4 is 28.0 Å². The molecule has 3 atom stereocenters. The maximum Gasteiger partial charge on any atom is 0.431 e. The molecule has 5 aliphatic rings. The average Bonchev–Trinajstić information content (AvgIpc) is 3.06. The Hall–Kier alpha value is -2.00. The first-order valence-corrected chi connectivity index (χ1v) is 12.4. The molecule has 0 aromatic carbocycles. The number of hydrogen-bond donors (Lipinski definition) is 1. The lowest BCUT2D eigenvalue weighted by atomic mass is 9.51. The minimum atomic E-state index is -6.40. The van der Waals surface area contributed by atoms with Crippen molar-refractivity contribution in [2.75, 3.05) is 7.11 Å². The van der Waals surface area contributed by atoms with Gasteiger partial charge in [0.25, 0.3) is 0 Å². The van der Waals surface area contributed by atoms with Crippen LogP contribution in [0.25, 0.3) is 0 Å². The van der Waals surface area contributed by atoms with E-state index >= 15 is 0 Å². The monoisotopic (exact) mass is 532 g/mol. The lowest BCUT2D eigenvalue weighted by Gasteiger charge is -2.61. The Balaban J connectivity index is 1.43. The van der Waals surface area contributed by atoms with E-state index in [1.807, 2.05) is 0 Å². The highest BCUT2D eigenvalue weighted by Gasteiger charge is 2.70. The van der Waals surface area contributed by atoms with Crippen molar-refractivity contribution < 1.29 is 63.9 Å². The average molecular weight is 532 g/mol. The molecule has 1 saturated heterocycles. The normalized spacial score (nSPS) is 36.3. The summed E-state index contributed by atoms with van der Waals surface area (Å²) in [6.45, 7) is 0. The third-order valence-electron chi connectivity index (χ3n) is 7.42. The molecule has 0 aromatic rings. The number of rotatable bonds is 8. The fourth-order valence-corrected chi connectivity index (χ4v) is 6.58. The van der Waals surface area contributed by atoms with Gasteiger partial charge in [0.15, 0.2) is 6.10 Å². The van der Waals surface area contributed by atoms with E-state index < -0.39 is 81.4 Å². The van der Waals surface area contributed by atoms with E-state index in [2.05, 4.69) is 4.74 Å². The summed E-state index contributed by atoms with van der Waals surface area (Å²) >= 11 is 0. The van der Waals surface area contributed by atoms with E-state index in [1.54, 1.807) is 0 Å². The standard InChI is InChI=1S/C20H24F4O10S/c1-31-15(26)6-13-16(27)34-19(32-13)11-4-10-5-12(19)9-17(7-10,8-11)33-14(25)2-3-18(21,22)20(23,24)35(28,29)30/h10-13H,2-9H2,1H3,(H,28,29,30). The molecule has 0 aromatic heterocycles. The molecule has 4 saturated carbocycles. The minimum Gasteiger partial charge on any atom is -0.469 e. The highest BCUT2D eigenvalue weighted by atomic mass is 32.2. The maximum absolute atomic E-state index is 13.8. The van der Waals surface area contributed by atoms with Gasteiger partial charge in [-0.3, -0.25) is 14.1 Å². The topological polar surface area (TPSA) is 142 Å². The van der Waals surface area contributed by atoms with Crippen molar-refractivity contribution in [2.24, 2.45) is 17.8 Å². The van der Waals surface area contributed by atoms with Gasteiger partial charge in [0.2, 0.25) is 5.79 Å². The molecule has 5 fully saturated rings. The van der Waals surface area contributed by atoms with Gasteiger partial charge in [-0.25, -0.2) is 4.79 Å². The van der Waals surface area contributed by atoms with Gasteiger partial charge in [-0.05, 0) is 38.0 Å². The van der Waals surface area contributed by atoms with Crippen LogP contribution < -0.4 is 0 Å². The van der Waals surface area contributed by atoms with Gasteiger partial charge < -0.3 is 18.9 Å². The highest BCUT2D eigenvalue weighted by molar-refractivity contribution is 7.87. The van der Waals surface area contributed by atoms with E-state index in [4.69, 9.17) is 18.8 Å². The van der Waals surface area contributed by atoms with Crippen LogP contribution in [0.2, 0.25) is 0 Å². The quantitative estimate of drug-likeness (QED) is 0.214. The van der Waals surface area contributed by atoms with E-state index in [0.29, 0.717) is 19.3 Å². The van der Waals surface area contributed by atoms with Crippen LogP contribution in [0.5, 0.6) is 0 Å². The molecule has 15 heteroatoms. The molecule has 10 nitrogen and oxygen atoms in total. The van der Waals surface area contributed by atoms with Crippen molar-refractivity contribution in [1.82, 2.24) is 0 Å². The van der Waals surface area contributed by atoms with Crippen LogP contribution in [0.3, 0.4) is 0 Å². The number of ether oxygens (including phenoxy) is 4. The summed E-state index contributed by atoms with van der Waals surface area (Å²) in [7, 11) is -5.24. The molecule has 3 unspecified atom stereocenters. The Kier molecular flexibility index (Phi) is 6.16. The Labute approximate surface area is 197 Å². The lowest BCUT2D eigenvalue weighted by molar-refractivity contribution is -0.316. The summed E-state index contributed by atoms with van der Waals surface area (Å²) in [5, 5.41) is -5.77. The number of halogens is 4. The third-order valence-corrected chi connectivity index (χ3v) is 8.37. The number of carbonyl (C=O) groups is 3. The van der Waals surface area contributed by atoms with Gasteiger partial charge in [0, 0.05) is 18.3 Å². The molecule has 5 rings (SSSR count). The molecule has 1 aliphatic heterocycles. The van der Waals surface area contributed by atoms with Gasteiger partial charge in [-0.15, -0.1) is 0 Å². The van der Waals surface area contributed by atoms with Crippen LogP contribution in [-0.4, -0.2) is 66.7 Å². The van der Waals surface area contributed by atoms with Gasteiger partial charge in [-0.2, -0.15) is 26.0 Å². The summed E-state index contributed by atoms with van der Waals surface area (Å²) < 4.78 is 106. The van der Waals surface area contributed by atoms with Crippen LogP contribution in [0.4, 0.5) is 17.6 Å². The first-order chi connectivity index (χ1) is 16.0. The second kappa shape index (κ2) is 8.26. The van der Waals surface area contributed by atoms with E-state index in [0.717, 1.165) is 0 Å².